The number of carbonyl (C=O) groups excluding carboxylic acids is 3. The number of aliphatic hydroxyl groups is 1. The zero-order chi connectivity index (χ0) is 27.1. The molecule has 0 amide bonds. The van der Waals surface area contributed by atoms with Gasteiger partial charge in [-0.15, -0.1) is 0 Å². The molecule has 10 heteroatoms. The number of carbonyl (C=O) groups is 3. The van der Waals surface area contributed by atoms with Crippen molar-refractivity contribution in [2.45, 2.75) is 90.7 Å². The zero-order valence-corrected chi connectivity index (χ0v) is 21.3. The number of halogens is 3. The average molecular weight is 517 g/mol. The van der Waals surface area contributed by atoms with Crippen molar-refractivity contribution in [2.75, 3.05) is 6.61 Å². The fourth-order valence-corrected chi connectivity index (χ4v) is 6.15. The Morgan fingerprint density at radius 3 is 2.44 bits per heavy atom. The molecule has 2 fully saturated rings. The first-order valence-electron chi connectivity index (χ1n) is 12.3. The van der Waals surface area contributed by atoms with Gasteiger partial charge in [0.25, 0.3) is 0 Å². The lowest BCUT2D eigenvalue weighted by molar-refractivity contribution is -0.241. The number of allylic oxidation sites excluding steroid dienone is 1. The van der Waals surface area contributed by atoms with E-state index < -0.39 is 53.2 Å². The molecule has 0 radical (unpaired) electrons. The SMILES string of the molecule is C/C=C(/C)C(=O)OC1CC2C(CCC(OC(=O)C(F)(F)F)C2(C)O)C(C)(CCC2=CC(=O)OC2)C1C. The Balaban J connectivity index is 1.92. The summed E-state index contributed by atoms with van der Waals surface area (Å²) in [7, 11) is 0. The highest BCUT2D eigenvalue weighted by Crippen LogP contribution is 2.59. The van der Waals surface area contributed by atoms with Crippen LogP contribution < -0.4 is 0 Å². The van der Waals surface area contributed by atoms with Crippen LogP contribution in [0.1, 0.15) is 66.7 Å². The Hall–Kier alpha value is -2.36. The number of rotatable bonds is 6. The van der Waals surface area contributed by atoms with Gasteiger partial charge in [-0.1, -0.05) is 19.9 Å². The van der Waals surface area contributed by atoms with E-state index in [-0.39, 0.29) is 31.3 Å². The van der Waals surface area contributed by atoms with Gasteiger partial charge < -0.3 is 19.3 Å². The van der Waals surface area contributed by atoms with Crippen LogP contribution >= 0.6 is 0 Å². The highest BCUT2D eigenvalue weighted by Gasteiger charge is 2.61. The second-order valence-electron chi connectivity index (χ2n) is 10.8. The molecular formula is C26H35F3O7. The van der Waals surface area contributed by atoms with Crippen LogP contribution in [0, 0.1) is 23.2 Å². The molecule has 0 aromatic heterocycles. The Morgan fingerprint density at radius 2 is 1.89 bits per heavy atom. The fourth-order valence-electron chi connectivity index (χ4n) is 6.15. The molecule has 2 saturated carbocycles. The summed E-state index contributed by atoms with van der Waals surface area (Å²) >= 11 is 0. The summed E-state index contributed by atoms with van der Waals surface area (Å²) in [5, 5.41) is 11.5. The van der Waals surface area contributed by atoms with E-state index in [4.69, 9.17) is 14.2 Å². The van der Waals surface area contributed by atoms with E-state index in [1.165, 1.54) is 13.0 Å². The highest BCUT2D eigenvalue weighted by atomic mass is 19.4. The number of cyclic esters (lactones) is 1. The third-order valence-electron chi connectivity index (χ3n) is 8.76. The van der Waals surface area contributed by atoms with Crippen LogP contribution in [0.4, 0.5) is 13.2 Å². The monoisotopic (exact) mass is 516 g/mol. The first-order valence-corrected chi connectivity index (χ1v) is 12.3. The lowest BCUT2D eigenvalue weighted by Crippen LogP contribution is -2.63. The van der Waals surface area contributed by atoms with Crippen LogP contribution in [0.5, 0.6) is 0 Å². The topological polar surface area (TPSA) is 99.1 Å². The number of ether oxygens (including phenoxy) is 3. The maximum absolute atomic E-state index is 12.9. The number of fused-ring (bicyclic) bond motifs is 1. The van der Waals surface area contributed by atoms with Crippen molar-refractivity contribution in [3.05, 3.63) is 23.3 Å². The molecule has 3 aliphatic rings. The van der Waals surface area contributed by atoms with Crippen molar-refractivity contribution in [1.29, 1.82) is 0 Å². The summed E-state index contributed by atoms with van der Waals surface area (Å²) in [6.07, 6.45) is -2.15. The van der Waals surface area contributed by atoms with E-state index in [1.54, 1.807) is 19.9 Å². The van der Waals surface area contributed by atoms with Crippen molar-refractivity contribution >= 4 is 17.9 Å². The van der Waals surface area contributed by atoms with Crippen molar-refractivity contribution in [3.8, 4) is 0 Å². The van der Waals surface area contributed by atoms with Crippen molar-refractivity contribution in [1.82, 2.24) is 0 Å². The Bertz CT molecular complexity index is 952. The third kappa shape index (κ3) is 5.48. The van der Waals surface area contributed by atoms with Gasteiger partial charge in [-0.05, 0) is 81.6 Å². The molecule has 0 spiro atoms. The van der Waals surface area contributed by atoms with Gasteiger partial charge in [-0.2, -0.15) is 13.2 Å². The van der Waals surface area contributed by atoms with E-state index in [9.17, 15) is 32.7 Å². The second-order valence-corrected chi connectivity index (χ2v) is 10.8. The van der Waals surface area contributed by atoms with E-state index in [0.717, 1.165) is 5.57 Å². The molecule has 202 valence electrons. The van der Waals surface area contributed by atoms with Crippen LogP contribution in [0.25, 0.3) is 0 Å². The van der Waals surface area contributed by atoms with Gasteiger partial charge in [0.1, 0.15) is 24.4 Å². The minimum atomic E-state index is -5.17. The van der Waals surface area contributed by atoms with Crippen LogP contribution in [-0.4, -0.2) is 53.6 Å². The van der Waals surface area contributed by atoms with Gasteiger partial charge in [0.2, 0.25) is 0 Å². The smallest absolute Gasteiger partial charge is 0.459 e. The van der Waals surface area contributed by atoms with Gasteiger partial charge in [0.15, 0.2) is 0 Å². The van der Waals surface area contributed by atoms with E-state index in [0.29, 0.717) is 24.8 Å². The summed E-state index contributed by atoms with van der Waals surface area (Å²) in [6, 6.07) is 0. The lowest BCUT2D eigenvalue weighted by atomic mass is 9.48. The van der Waals surface area contributed by atoms with Crippen molar-refractivity contribution in [2.24, 2.45) is 23.2 Å². The standard InChI is InChI=1S/C26H35F3O7/c1-6-14(2)22(31)35-19-12-18-17(7-8-20(25(18,5)33)36-23(32)26(27,28)29)24(4,15(19)3)10-9-16-11-21(30)34-13-16/h6,11,15,17-20,33H,7-10,12-13H2,1-5H3/b14-6-. The van der Waals surface area contributed by atoms with Crippen molar-refractivity contribution in [3.63, 3.8) is 0 Å². The van der Waals surface area contributed by atoms with Crippen LogP contribution in [0.15, 0.2) is 23.3 Å². The summed E-state index contributed by atoms with van der Waals surface area (Å²) in [5.74, 6) is -4.09. The molecule has 3 rings (SSSR count). The molecule has 7 nitrogen and oxygen atoms in total. The number of hydrogen-bond acceptors (Lipinski definition) is 7. The van der Waals surface area contributed by atoms with Crippen LogP contribution in [-0.2, 0) is 28.6 Å². The molecular weight excluding hydrogens is 481 g/mol. The molecule has 2 aliphatic carbocycles. The summed E-state index contributed by atoms with van der Waals surface area (Å²) in [5.41, 5.74) is -0.997. The summed E-state index contributed by atoms with van der Waals surface area (Å²) in [6.45, 7) is 8.97. The number of alkyl halides is 3. The predicted molar refractivity (Wildman–Crippen MR) is 122 cm³/mol. The Labute approximate surface area is 209 Å². The van der Waals surface area contributed by atoms with Gasteiger partial charge in [-0.3, -0.25) is 0 Å². The molecule has 7 atom stereocenters. The van der Waals surface area contributed by atoms with Gasteiger partial charge in [0, 0.05) is 11.6 Å². The Morgan fingerprint density at radius 1 is 1.22 bits per heavy atom. The van der Waals surface area contributed by atoms with Crippen LogP contribution in [0.2, 0.25) is 0 Å². The first-order chi connectivity index (χ1) is 16.6. The van der Waals surface area contributed by atoms with E-state index >= 15 is 0 Å². The molecule has 0 aromatic carbocycles. The molecule has 7 unspecified atom stereocenters. The second kappa shape index (κ2) is 10.2. The maximum atomic E-state index is 12.9. The van der Waals surface area contributed by atoms with Crippen molar-refractivity contribution < 1.29 is 46.9 Å². The third-order valence-corrected chi connectivity index (χ3v) is 8.76. The first kappa shape index (κ1) is 28.2. The Kier molecular flexibility index (Phi) is 7.98. The highest BCUT2D eigenvalue weighted by molar-refractivity contribution is 5.87. The van der Waals surface area contributed by atoms with Gasteiger partial charge in [-0.25, -0.2) is 14.4 Å². The molecule has 1 heterocycles. The number of esters is 3. The van der Waals surface area contributed by atoms with E-state index in [2.05, 4.69) is 0 Å². The van der Waals surface area contributed by atoms with Gasteiger partial charge >= 0.3 is 24.1 Å². The molecule has 0 bridgehead atoms. The van der Waals surface area contributed by atoms with E-state index in [1.807, 2.05) is 13.8 Å². The zero-order valence-electron chi connectivity index (χ0n) is 21.3. The largest absolute Gasteiger partial charge is 0.490 e. The molecule has 1 aliphatic heterocycles. The molecule has 0 saturated heterocycles. The average Bonchev–Trinajstić information content (AvgIpc) is 3.22. The normalized spacial score (nSPS) is 37.0. The summed E-state index contributed by atoms with van der Waals surface area (Å²) in [4.78, 5) is 35.7. The fraction of sp³-hybridized carbons (Fsp3) is 0.731. The number of hydrogen-bond donors (Lipinski definition) is 1. The minimum Gasteiger partial charge on any atom is -0.459 e. The molecule has 0 aromatic rings. The predicted octanol–water partition coefficient (Wildman–Crippen LogP) is 4.43. The molecule has 36 heavy (non-hydrogen) atoms. The minimum absolute atomic E-state index is 0.0741. The van der Waals surface area contributed by atoms with Crippen LogP contribution in [0.3, 0.4) is 0 Å². The van der Waals surface area contributed by atoms with Gasteiger partial charge in [0.05, 0.1) is 0 Å². The maximum Gasteiger partial charge on any atom is 0.490 e. The quantitative estimate of drug-likeness (QED) is 0.317. The lowest BCUT2D eigenvalue weighted by Gasteiger charge is -2.59. The summed E-state index contributed by atoms with van der Waals surface area (Å²) < 4.78 is 54.3. The molecule has 1 N–H and O–H groups in total.